The molecule has 0 N–H and O–H groups in total. The number of hydrogen-bond donors (Lipinski definition) is 0. The van der Waals surface area contributed by atoms with Gasteiger partial charge in [-0.3, -0.25) is 0 Å². The van der Waals surface area contributed by atoms with E-state index in [0.29, 0.717) is 10.7 Å². The molecular formula is C14H18BrF3. The third-order valence-corrected chi connectivity index (χ3v) is 3.59. The summed E-state index contributed by atoms with van der Waals surface area (Å²) in [7, 11) is 0. The monoisotopic (exact) mass is 322 g/mol. The minimum Gasteiger partial charge on any atom is -0.166 e. The van der Waals surface area contributed by atoms with Crippen molar-refractivity contribution in [2.24, 2.45) is 5.92 Å². The Morgan fingerprint density at radius 3 is 2.11 bits per heavy atom. The number of aryl methyl sites for hydroxylation is 1. The van der Waals surface area contributed by atoms with Gasteiger partial charge in [0.15, 0.2) is 0 Å². The highest BCUT2D eigenvalue weighted by Crippen LogP contribution is 2.29. The van der Waals surface area contributed by atoms with Crippen LogP contribution in [-0.4, -0.2) is 4.83 Å². The third kappa shape index (κ3) is 5.42. The highest BCUT2D eigenvalue weighted by atomic mass is 79.9. The van der Waals surface area contributed by atoms with Gasteiger partial charge in [-0.25, -0.2) is 0 Å². The van der Waals surface area contributed by atoms with Gasteiger partial charge < -0.3 is 0 Å². The minimum absolute atomic E-state index is 0.430. The van der Waals surface area contributed by atoms with E-state index in [0.717, 1.165) is 37.0 Å². The molecule has 0 bridgehead atoms. The Bertz CT molecular complexity index is 354. The van der Waals surface area contributed by atoms with Gasteiger partial charge in [-0.05, 0) is 42.9 Å². The van der Waals surface area contributed by atoms with E-state index >= 15 is 0 Å². The maximum Gasteiger partial charge on any atom is 0.416 e. The fourth-order valence-electron chi connectivity index (χ4n) is 1.81. The Labute approximate surface area is 115 Å². The average Bonchev–Trinajstić information content (AvgIpc) is 2.25. The van der Waals surface area contributed by atoms with Crippen LogP contribution in [0.2, 0.25) is 0 Å². The predicted octanol–water partition coefficient (Wildman–Crippen LogP) is 5.45. The molecule has 1 unspecified atom stereocenters. The lowest BCUT2D eigenvalue weighted by Gasteiger charge is -2.12. The van der Waals surface area contributed by atoms with Crippen LogP contribution in [0.5, 0.6) is 0 Å². The van der Waals surface area contributed by atoms with Crippen LogP contribution < -0.4 is 0 Å². The van der Waals surface area contributed by atoms with E-state index in [1.807, 2.05) is 0 Å². The average molecular weight is 323 g/mol. The van der Waals surface area contributed by atoms with Crippen molar-refractivity contribution in [2.45, 2.75) is 44.1 Å². The molecule has 4 heteroatoms. The summed E-state index contributed by atoms with van der Waals surface area (Å²) in [6, 6.07) is 5.44. The van der Waals surface area contributed by atoms with Crippen molar-refractivity contribution in [3.05, 3.63) is 35.4 Å². The number of benzene rings is 1. The van der Waals surface area contributed by atoms with Crippen molar-refractivity contribution in [2.75, 3.05) is 0 Å². The van der Waals surface area contributed by atoms with Crippen LogP contribution in [0.4, 0.5) is 13.2 Å². The Hall–Kier alpha value is -0.510. The molecule has 0 radical (unpaired) electrons. The lowest BCUT2D eigenvalue weighted by molar-refractivity contribution is -0.137. The van der Waals surface area contributed by atoms with Crippen LogP contribution in [0.25, 0.3) is 0 Å². The summed E-state index contributed by atoms with van der Waals surface area (Å²) in [6.07, 6.45) is -1.40. The summed E-state index contributed by atoms with van der Waals surface area (Å²) in [4.78, 5) is 0.430. The van der Waals surface area contributed by atoms with Crippen molar-refractivity contribution in [3.63, 3.8) is 0 Å². The van der Waals surface area contributed by atoms with Crippen LogP contribution in [0.15, 0.2) is 24.3 Å². The van der Waals surface area contributed by atoms with E-state index in [4.69, 9.17) is 0 Å². The van der Waals surface area contributed by atoms with Gasteiger partial charge in [-0.1, -0.05) is 41.9 Å². The zero-order valence-electron chi connectivity index (χ0n) is 10.6. The van der Waals surface area contributed by atoms with Crippen LogP contribution in [0, 0.1) is 5.92 Å². The molecule has 0 heterocycles. The maximum absolute atomic E-state index is 12.4. The van der Waals surface area contributed by atoms with Crippen molar-refractivity contribution in [3.8, 4) is 0 Å². The largest absolute Gasteiger partial charge is 0.416 e. The summed E-state index contributed by atoms with van der Waals surface area (Å²) >= 11 is 3.60. The Kier molecular flexibility index (Phi) is 5.70. The second-order valence-electron chi connectivity index (χ2n) is 4.96. The van der Waals surface area contributed by atoms with E-state index in [9.17, 15) is 13.2 Å². The van der Waals surface area contributed by atoms with Gasteiger partial charge >= 0.3 is 6.18 Å². The second-order valence-corrected chi connectivity index (χ2v) is 6.26. The van der Waals surface area contributed by atoms with Crippen molar-refractivity contribution in [1.82, 2.24) is 0 Å². The summed E-state index contributed by atoms with van der Waals surface area (Å²) in [5.74, 6) is 0.627. The molecule has 1 aromatic carbocycles. The van der Waals surface area contributed by atoms with Crippen LogP contribution in [0.1, 0.15) is 37.8 Å². The Morgan fingerprint density at radius 1 is 1.11 bits per heavy atom. The fourth-order valence-corrected chi connectivity index (χ4v) is 2.79. The molecule has 1 aromatic rings. The second kappa shape index (κ2) is 6.60. The third-order valence-electron chi connectivity index (χ3n) is 2.75. The number of halogens is 4. The highest BCUT2D eigenvalue weighted by Gasteiger charge is 2.29. The molecule has 1 atom stereocenters. The lowest BCUT2D eigenvalue weighted by Crippen LogP contribution is -2.06. The molecule has 0 aliphatic carbocycles. The van der Waals surface area contributed by atoms with Crippen molar-refractivity contribution >= 4 is 15.9 Å². The van der Waals surface area contributed by atoms with Crippen molar-refractivity contribution in [1.29, 1.82) is 0 Å². The number of rotatable bonds is 5. The van der Waals surface area contributed by atoms with Gasteiger partial charge in [0.2, 0.25) is 0 Å². The van der Waals surface area contributed by atoms with E-state index in [2.05, 4.69) is 29.8 Å². The molecule has 1 rings (SSSR count). The van der Waals surface area contributed by atoms with Gasteiger partial charge in [0.05, 0.1) is 5.56 Å². The highest BCUT2D eigenvalue weighted by molar-refractivity contribution is 9.09. The minimum atomic E-state index is -4.24. The molecule has 0 aliphatic heterocycles. The van der Waals surface area contributed by atoms with E-state index in [1.54, 1.807) is 12.1 Å². The van der Waals surface area contributed by atoms with Crippen LogP contribution in [0.3, 0.4) is 0 Å². The fraction of sp³-hybridized carbons (Fsp3) is 0.571. The number of hydrogen-bond acceptors (Lipinski definition) is 0. The van der Waals surface area contributed by atoms with Gasteiger partial charge in [-0.2, -0.15) is 13.2 Å². The normalized spacial score (nSPS) is 13.9. The molecular weight excluding hydrogens is 305 g/mol. The first kappa shape index (κ1) is 15.5. The molecule has 0 spiro atoms. The standard InChI is InChI=1S/C14H18BrF3/c1-10(2)9-13(15)8-5-11-3-6-12(7-4-11)14(16,17)18/h3-4,6-7,10,13H,5,8-9H2,1-2H3. The summed E-state index contributed by atoms with van der Waals surface area (Å²) in [6.45, 7) is 4.32. The van der Waals surface area contributed by atoms with Gasteiger partial charge in [0.25, 0.3) is 0 Å². The Morgan fingerprint density at radius 2 is 1.67 bits per heavy atom. The summed E-state index contributed by atoms with van der Waals surface area (Å²) in [5.41, 5.74) is 0.375. The molecule has 0 amide bonds. The maximum atomic E-state index is 12.4. The van der Waals surface area contributed by atoms with Gasteiger partial charge in [-0.15, -0.1) is 0 Å². The van der Waals surface area contributed by atoms with E-state index in [1.165, 1.54) is 0 Å². The summed E-state index contributed by atoms with van der Waals surface area (Å²) < 4.78 is 37.1. The zero-order valence-corrected chi connectivity index (χ0v) is 12.2. The van der Waals surface area contributed by atoms with Crippen molar-refractivity contribution < 1.29 is 13.2 Å². The Balaban J connectivity index is 2.49. The van der Waals surface area contributed by atoms with E-state index < -0.39 is 11.7 Å². The van der Waals surface area contributed by atoms with Gasteiger partial charge in [0.1, 0.15) is 0 Å². The van der Waals surface area contributed by atoms with Crippen LogP contribution in [-0.2, 0) is 12.6 Å². The quantitative estimate of drug-likeness (QED) is 0.632. The molecule has 0 saturated carbocycles. The first-order chi connectivity index (χ1) is 8.29. The summed E-state index contributed by atoms with van der Waals surface area (Å²) in [5, 5.41) is 0. The van der Waals surface area contributed by atoms with E-state index in [-0.39, 0.29) is 0 Å². The molecule has 0 fully saturated rings. The smallest absolute Gasteiger partial charge is 0.166 e. The molecule has 18 heavy (non-hydrogen) atoms. The molecule has 0 saturated heterocycles. The predicted molar refractivity (Wildman–Crippen MR) is 71.9 cm³/mol. The molecule has 0 aliphatic rings. The zero-order chi connectivity index (χ0) is 13.8. The first-order valence-corrected chi connectivity index (χ1v) is 7.01. The molecule has 102 valence electrons. The topological polar surface area (TPSA) is 0 Å². The van der Waals surface area contributed by atoms with Gasteiger partial charge in [0, 0.05) is 4.83 Å². The molecule has 0 aromatic heterocycles. The SMILES string of the molecule is CC(C)CC(Br)CCc1ccc(C(F)(F)F)cc1. The lowest BCUT2D eigenvalue weighted by atomic mass is 10.0. The first-order valence-electron chi connectivity index (χ1n) is 6.09. The van der Waals surface area contributed by atoms with Crippen LogP contribution >= 0.6 is 15.9 Å². The number of alkyl halides is 4. The molecule has 0 nitrogen and oxygen atoms in total.